The molecule has 4 nitrogen and oxygen atoms in total. The zero-order valence-corrected chi connectivity index (χ0v) is 11.4. The van der Waals surface area contributed by atoms with E-state index < -0.39 is 0 Å². The van der Waals surface area contributed by atoms with Crippen LogP contribution in [0.3, 0.4) is 0 Å². The zero-order valence-electron chi connectivity index (χ0n) is 11.4. The number of nitrogens with zero attached hydrogens (tertiary/aromatic N) is 1. The number of para-hydroxylation sites is 1. The van der Waals surface area contributed by atoms with Crippen LogP contribution < -0.4 is 10.6 Å². The van der Waals surface area contributed by atoms with Crippen molar-refractivity contribution in [1.29, 1.82) is 0 Å². The van der Waals surface area contributed by atoms with E-state index >= 15 is 0 Å². The molecule has 0 aliphatic carbocycles. The number of hydrogen-bond donors (Lipinski definition) is 2. The normalized spacial score (nSPS) is 10.2. The minimum atomic E-state index is -0.213. The molecule has 4 heteroatoms. The fourth-order valence-electron chi connectivity index (χ4n) is 2.03. The number of hydrogen-bond acceptors (Lipinski definition) is 3. The molecule has 2 aromatic carbocycles. The number of aromatic hydroxyl groups is 1. The first-order valence-corrected chi connectivity index (χ1v) is 6.59. The molecule has 1 amide bonds. The Bertz CT molecular complexity index is 594. The van der Waals surface area contributed by atoms with Gasteiger partial charge in [-0.3, -0.25) is 4.79 Å². The first kappa shape index (κ1) is 13.9. The van der Waals surface area contributed by atoms with Crippen molar-refractivity contribution in [1.82, 2.24) is 0 Å². The fourth-order valence-corrected chi connectivity index (χ4v) is 2.03. The Kier molecular flexibility index (Phi) is 4.25. The number of phenolic OH excluding ortho intramolecular Hbond substituents is 1. The van der Waals surface area contributed by atoms with Crippen molar-refractivity contribution in [2.24, 2.45) is 0 Å². The van der Waals surface area contributed by atoms with Crippen LogP contribution >= 0.6 is 0 Å². The summed E-state index contributed by atoms with van der Waals surface area (Å²) >= 11 is 0. The topological polar surface area (TPSA) is 66.6 Å². The third-order valence-corrected chi connectivity index (χ3v) is 3.03. The first-order chi connectivity index (χ1) is 9.63. The molecule has 20 heavy (non-hydrogen) atoms. The number of carbonyl (C=O) groups is 1. The summed E-state index contributed by atoms with van der Waals surface area (Å²) in [5, 5.41) is 9.82. The van der Waals surface area contributed by atoms with E-state index in [9.17, 15) is 9.90 Å². The molecule has 0 aromatic heterocycles. The van der Waals surface area contributed by atoms with E-state index in [1.165, 1.54) is 6.07 Å². The summed E-state index contributed by atoms with van der Waals surface area (Å²) in [6, 6.07) is 13.7. The summed E-state index contributed by atoms with van der Waals surface area (Å²) in [7, 11) is 0. The van der Waals surface area contributed by atoms with Crippen LogP contribution in [0.2, 0.25) is 0 Å². The standard InChI is InChI=1S/C16H18N2O2/c1-2-11-18(13-9-7-12(17)8-10-13)16(20)14-5-3-4-6-15(14)19/h3-10,19H,2,11,17H2,1H3. The van der Waals surface area contributed by atoms with Gasteiger partial charge in [0.05, 0.1) is 5.56 Å². The Labute approximate surface area is 118 Å². The molecule has 2 rings (SSSR count). The van der Waals surface area contributed by atoms with Crippen molar-refractivity contribution < 1.29 is 9.90 Å². The summed E-state index contributed by atoms with van der Waals surface area (Å²) in [6.45, 7) is 2.58. The Morgan fingerprint density at radius 2 is 1.80 bits per heavy atom. The molecule has 0 saturated heterocycles. The molecule has 3 N–H and O–H groups in total. The second-order valence-corrected chi connectivity index (χ2v) is 4.57. The van der Waals surface area contributed by atoms with Crippen molar-refractivity contribution in [2.45, 2.75) is 13.3 Å². The number of rotatable bonds is 4. The van der Waals surface area contributed by atoms with E-state index in [2.05, 4.69) is 0 Å². The highest BCUT2D eigenvalue weighted by Gasteiger charge is 2.19. The van der Waals surface area contributed by atoms with Gasteiger partial charge in [0, 0.05) is 17.9 Å². The molecule has 0 spiro atoms. The van der Waals surface area contributed by atoms with E-state index in [1.54, 1.807) is 35.2 Å². The zero-order chi connectivity index (χ0) is 14.5. The van der Waals surface area contributed by atoms with Gasteiger partial charge in [-0.25, -0.2) is 0 Å². The van der Waals surface area contributed by atoms with Crippen LogP contribution in [0.5, 0.6) is 5.75 Å². The lowest BCUT2D eigenvalue weighted by Gasteiger charge is -2.23. The maximum Gasteiger partial charge on any atom is 0.262 e. The highest BCUT2D eigenvalue weighted by atomic mass is 16.3. The molecule has 0 unspecified atom stereocenters. The smallest absolute Gasteiger partial charge is 0.262 e. The van der Waals surface area contributed by atoms with Gasteiger partial charge < -0.3 is 15.7 Å². The molecular formula is C16H18N2O2. The summed E-state index contributed by atoms with van der Waals surface area (Å²) in [5.41, 5.74) is 7.40. The molecule has 0 fully saturated rings. The highest BCUT2D eigenvalue weighted by Crippen LogP contribution is 2.23. The summed E-state index contributed by atoms with van der Waals surface area (Å²) in [6.07, 6.45) is 0.823. The Balaban J connectivity index is 2.36. The van der Waals surface area contributed by atoms with E-state index in [0.29, 0.717) is 17.8 Å². The molecule has 0 aliphatic heterocycles. The van der Waals surface area contributed by atoms with Crippen molar-refractivity contribution >= 4 is 17.3 Å². The van der Waals surface area contributed by atoms with E-state index in [-0.39, 0.29) is 11.7 Å². The van der Waals surface area contributed by atoms with Gasteiger partial charge in [0.25, 0.3) is 5.91 Å². The van der Waals surface area contributed by atoms with E-state index in [0.717, 1.165) is 12.1 Å². The SMILES string of the molecule is CCCN(C(=O)c1ccccc1O)c1ccc(N)cc1. The van der Waals surface area contributed by atoms with Gasteiger partial charge in [-0.2, -0.15) is 0 Å². The third-order valence-electron chi connectivity index (χ3n) is 3.03. The van der Waals surface area contributed by atoms with Crippen LogP contribution in [0.4, 0.5) is 11.4 Å². The molecule has 0 radical (unpaired) electrons. The molecule has 0 atom stereocenters. The lowest BCUT2D eigenvalue weighted by atomic mass is 10.1. The monoisotopic (exact) mass is 270 g/mol. The summed E-state index contributed by atoms with van der Waals surface area (Å²) in [5.74, 6) is -0.219. The summed E-state index contributed by atoms with van der Waals surface area (Å²) < 4.78 is 0. The Morgan fingerprint density at radius 3 is 2.40 bits per heavy atom. The van der Waals surface area contributed by atoms with Crippen molar-refractivity contribution in [3.63, 3.8) is 0 Å². The minimum absolute atomic E-state index is 0.00551. The van der Waals surface area contributed by atoms with E-state index in [4.69, 9.17) is 5.73 Å². The first-order valence-electron chi connectivity index (χ1n) is 6.59. The van der Waals surface area contributed by atoms with Crippen molar-refractivity contribution in [3.8, 4) is 5.75 Å². The van der Waals surface area contributed by atoms with Gasteiger partial charge in [0.1, 0.15) is 5.75 Å². The number of carbonyl (C=O) groups excluding carboxylic acids is 1. The predicted molar refractivity (Wildman–Crippen MR) is 80.9 cm³/mol. The molecule has 0 saturated carbocycles. The number of anilines is 2. The average Bonchev–Trinajstić information content (AvgIpc) is 2.46. The molecule has 104 valence electrons. The van der Waals surface area contributed by atoms with E-state index in [1.807, 2.05) is 19.1 Å². The maximum atomic E-state index is 12.6. The predicted octanol–water partition coefficient (Wildman–Crippen LogP) is 3.03. The van der Waals surface area contributed by atoms with Gasteiger partial charge in [-0.15, -0.1) is 0 Å². The number of nitrogens with two attached hydrogens (primary N) is 1. The number of nitrogen functional groups attached to an aromatic ring is 1. The van der Waals surface area contributed by atoms with Gasteiger partial charge >= 0.3 is 0 Å². The third kappa shape index (κ3) is 2.91. The van der Waals surface area contributed by atoms with Gasteiger partial charge in [-0.05, 0) is 42.8 Å². The van der Waals surface area contributed by atoms with Crippen LogP contribution in [0.15, 0.2) is 48.5 Å². The lowest BCUT2D eigenvalue weighted by molar-refractivity contribution is 0.0984. The second-order valence-electron chi connectivity index (χ2n) is 4.57. The van der Waals surface area contributed by atoms with Crippen LogP contribution in [-0.2, 0) is 0 Å². The minimum Gasteiger partial charge on any atom is -0.507 e. The number of benzene rings is 2. The molecule has 2 aromatic rings. The lowest BCUT2D eigenvalue weighted by Crippen LogP contribution is -2.31. The molecule has 0 bridgehead atoms. The molecule has 0 aliphatic rings. The van der Waals surface area contributed by atoms with Gasteiger partial charge in [0.2, 0.25) is 0 Å². The van der Waals surface area contributed by atoms with Crippen LogP contribution in [-0.4, -0.2) is 17.6 Å². The Hall–Kier alpha value is -2.49. The van der Waals surface area contributed by atoms with Gasteiger partial charge in [-0.1, -0.05) is 19.1 Å². The number of phenols is 1. The van der Waals surface area contributed by atoms with Crippen LogP contribution in [0.25, 0.3) is 0 Å². The molecular weight excluding hydrogens is 252 g/mol. The number of amides is 1. The van der Waals surface area contributed by atoms with Crippen LogP contribution in [0.1, 0.15) is 23.7 Å². The largest absolute Gasteiger partial charge is 0.507 e. The summed E-state index contributed by atoms with van der Waals surface area (Å²) in [4.78, 5) is 14.2. The second kappa shape index (κ2) is 6.10. The molecule has 0 heterocycles. The quantitative estimate of drug-likeness (QED) is 0.839. The average molecular weight is 270 g/mol. The maximum absolute atomic E-state index is 12.6. The van der Waals surface area contributed by atoms with Gasteiger partial charge in [0.15, 0.2) is 0 Å². The van der Waals surface area contributed by atoms with Crippen molar-refractivity contribution in [3.05, 3.63) is 54.1 Å². The Morgan fingerprint density at radius 1 is 1.15 bits per heavy atom. The fraction of sp³-hybridized carbons (Fsp3) is 0.188. The van der Waals surface area contributed by atoms with Crippen LogP contribution in [0, 0.1) is 0 Å². The van der Waals surface area contributed by atoms with Crippen molar-refractivity contribution in [2.75, 3.05) is 17.2 Å². The highest BCUT2D eigenvalue weighted by molar-refractivity contribution is 6.07.